The van der Waals surface area contributed by atoms with Crippen LogP contribution in [0.2, 0.25) is 0 Å². The van der Waals surface area contributed by atoms with Gasteiger partial charge in [0.2, 0.25) is 0 Å². The summed E-state index contributed by atoms with van der Waals surface area (Å²) in [7, 11) is 1.41. The van der Waals surface area contributed by atoms with E-state index in [1.54, 1.807) is 0 Å². The molecule has 0 spiro atoms. The summed E-state index contributed by atoms with van der Waals surface area (Å²) in [6, 6.07) is 6.15. The van der Waals surface area contributed by atoms with E-state index in [2.05, 4.69) is 5.10 Å². The van der Waals surface area contributed by atoms with Gasteiger partial charge in [0.05, 0.1) is 0 Å². The minimum atomic E-state index is -1.25. The van der Waals surface area contributed by atoms with E-state index >= 15 is 0 Å². The van der Waals surface area contributed by atoms with Gasteiger partial charge in [0.1, 0.15) is 17.3 Å². The Morgan fingerprint density at radius 2 is 2.11 bits per heavy atom. The van der Waals surface area contributed by atoms with Gasteiger partial charge >= 0.3 is 11.9 Å². The van der Waals surface area contributed by atoms with Gasteiger partial charge in [0.15, 0.2) is 5.69 Å². The zero-order valence-corrected chi connectivity index (χ0v) is 9.83. The first-order valence-electron chi connectivity index (χ1n) is 5.22. The maximum absolute atomic E-state index is 12.9. The lowest BCUT2D eigenvalue weighted by atomic mass is 10.3. The normalized spacial score (nSPS) is 10.2. The molecule has 0 bridgehead atoms. The molecule has 0 unspecified atom stereocenters. The van der Waals surface area contributed by atoms with Crippen LogP contribution in [0.15, 0.2) is 30.3 Å². The van der Waals surface area contributed by atoms with Gasteiger partial charge in [-0.05, 0) is 12.1 Å². The molecule has 0 saturated heterocycles. The number of hydrogen-bond donors (Lipinski definition) is 1. The summed E-state index contributed by atoms with van der Waals surface area (Å²) in [4.78, 5) is 22.5. The highest BCUT2D eigenvalue weighted by Gasteiger charge is 2.18. The van der Waals surface area contributed by atoms with E-state index in [9.17, 15) is 14.0 Å². The van der Waals surface area contributed by atoms with E-state index in [-0.39, 0.29) is 17.1 Å². The molecule has 1 heterocycles. The van der Waals surface area contributed by atoms with Crippen molar-refractivity contribution in [3.05, 3.63) is 47.5 Å². The van der Waals surface area contributed by atoms with Crippen LogP contribution in [0.25, 0.3) is 0 Å². The summed E-state index contributed by atoms with van der Waals surface area (Å²) in [6.45, 7) is 0. The number of carbonyl (C=O) groups is 2. The molecule has 0 saturated carbocycles. The third-order valence-electron chi connectivity index (χ3n) is 2.31. The molecule has 0 aliphatic carbocycles. The molecule has 2 rings (SSSR count). The molecule has 1 aromatic carbocycles. The van der Waals surface area contributed by atoms with Gasteiger partial charge in [0.25, 0.3) is 0 Å². The first-order valence-corrected chi connectivity index (χ1v) is 5.22. The molecule has 0 atom stereocenters. The smallest absolute Gasteiger partial charge is 0.362 e. The number of esters is 1. The van der Waals surface area contributed by atoms with Gasteiger partial charge < -0.3 is 9.84 Å². The molecular weight excluding hydrogens is 255 g/mol. The monoisotopic (exact) mass is 264 g/mol. The average Bonchev–Trinajstić information content (AvgIpc) is 2.71. The molecule has 0 aliphatic heterocycles. The molecule has 7 heteroatoms. The number of nitrogens with zero attached hydrogens (tertiary/aromatic N) is 2. The first kappa shape index (κ1) is 12.7. The lowest BCUT2D eigenvalue weighted by Crippen LogP contribution is -2.13. The number of halogens is 1. The summed E-state index contributed by atoms with van der Waals surface area (Å²) < 4.78 is 18.9. The zero-order valence-electron chi connectivity index (χ0n) is 9.83. The summed E-state index contributed by atoms with van der Waals surface area (Å²) in [5.74, 6) is -2.57. The van der Waals surface area contributed by atoms with Crippen molar-refractivity contribution < 1.29 is 23.8 Å². The molecule has 0 radical (unpaired) electrons. The number of aromatic nitrogens is 2. The number of hydrogen-bond acceptors (Lipinski definition) is 4. The van der Waals surface area contributed by atoms with Crippen LogP contribution >= 0.6 is 0 Å². The minimum absolute atomic E-state index is 0.0306. The van der Waals surface area contributed by atoms with Crippen molar-refractivity contribution >= 4 is 11.9 Å². The second-order valence-corrected chi connectivity index (χ2v) is 3.69. The fourth-order valence-electron chi connectivity index (χ4n) is 1.45. The quantitative estimate of drug-likeness (QED) is 0.670. The predicted octanol–water partition coefficient (Wildman–Crippen LogP) is 1.48. The van der Waals surface area contributed by atoms with Crippen molar-refractivity contribution in [2.75, 3.05) is 0 Å². The van der Waals surface area contributed by atoms with Crippen LogP contribution in [0.3, 0.4) is 0 Å². The van der Waals surface area contributed by atoms with Crippen LogP contribution in [-0.4, -0.2) is 26.8 Å². The van der Waals surface area contributed by atoms with E-state index in [0.717, 1.165) is 16.8 Å². The number of carboxylic acid groups (broad SMARTS) is 1. The number of carboxylic acids is 1. The van der Waals surface area contributed by atoms with Gasteiger partial charge in [-0.1, -0.05) is 6.07 Å². The average molecular weight is 264 g/mol. The maximum Gasteiger partial charge on any atom is 0.362 e. The van der Waals surface area contributed by atoms with Crippen molar-refractivity contribution in [3.8, 4) is 5.75 Å². The van der Waals surface area contributed by atoms with E-state index in [0.29, 0.717) is 0 Å². The Hall–Kier alpha value is -2.70. The van der Waals surface area contributed by atoms with Crippen molar-refractivity contribution in [1.29, 1.82) is 0 Å². The number of aryl methyl sites for hydroxylation is 1. The summed E-state index contributed by atoms with van der Waals surface area (Å²) in [6.07, 6.45) is 0. The van der Waals surface area contributed by atoms with Crippen LogP contribution in [0.4, 0.5) is 4.39 Å². The topological polar surface area (TPSA) is 81.4 Å². The molecule has 1 aromatic heterocycles. The van der Waals surface area contributed by atoms with Crippen molar-refractivity contribution in [1.82, 2.24) is 9.78 Å². The number of ether oxygens (including phenoxy) is 1. The van der Waals surface area contributed by atoms with E-state index < -0.39 is 17.8 Å². The van der Waals surface area contributed by atoms with E-state index in [1.165, 1.54) is 25.2 Å². The molecule has 19 heavy (non-hydrogen) atoms. The fourth-order valence-corrected chi connectivity index (χ4v) is 1.45. The maximum atomic E-state index is 12.9. The molecule has 0 amide bonds. The zero-order chi connectivity index (χ0) is 14.0. The van der Waals surface area contributed by atoms with Crippen LogP contribution in [0.1, 0.15) is 21.0 Å². The van der Waals surface area contributed by atoms with Crippen LogP contribution in [-0.2, 0) is 7.05 Å². The Kier molecular flexibility index (Phi) is 3.28. The molecule has 2 aromatic rings. The van der Waals surface area contributed by atoms with E-state index in [1.807, 2.05) is 0 Å². The molecule has 6 nitrogen and oxygen atoms in total. The Labute approximate surface area is 107 Å². The summed E-state index contributed by atoms with van der Waals surface area (Å²) >= 11 is 0. The van der Waals surface area contributed by atoms with Crippen LogP contribution in [0, 0.1) is 5.82 Å². The lowest BCUT2D eigenvalue weighted by Gasteiger charge is -2.03. The second-order valence-electron chi connectivity index (χ2n) is 3.69. The Bertz CT molecular complexity index is 651. The highest BCUT2D eigenvalue weighted by atomic mass is 19.1. The van der Waals surface area contributed by atoms with Crippen molar-refractivity contribution in [3.63, 3.8) is 0 Å². The first-order chi connectivity index (χ1) is 8.97. The SMILES string of the molecule is Cn1nc(C(=O)O)cc1C(=O)Oc1cccc(F)c1. The van der Waals surface area contributed by atoms with Crippen molar-refractivity contribution in [2.24, 2.45) is 7.05 Å². The molecule has 98 valence electrons. The van der Waals surface area contributed by atoms with Gasteiger partial charge in [-0.15, -0.1) is 0 Å². The van der Waals surface area contributed by atoms with Gasteiger partial charge in [-0.2, -0.15) is 5.10 Å². The molecule has 0 fully saturated rings. The second kappa shape index (κ2) is 4.89. The van der Waals surface area contributed by atoms with E-state index in [4.69, 9.17) is 9.84 Å². The van der Waals surface area contributed by atoms with Gasteiger partial charge in [0, 0.05) is 19.2 Å². The highest BCUT2D eigenvalue weighted by molar-refractivity contribution is 5.93. The Morgan fingerprint density at radius 1 is 1.37 bits per heavy atom. The summed E-state index contributed by atoms with van der Waals surface area (Å²) in [5, 5.41) is 12.4. The number of carbonyl (C=O) groups excluding carboxylic acids is 1. The third-order valence-corrected chi connectivity index (χ3v) is 2.31. The van der Waals surface area contributed by atoms with Gasteiger partial charge in [-0.3, -0.25) is 4.68 Å². The van der Waals surface area contributed by atoms with Gasteiger partial charge in [-0.25, -0.2) is 14.0 Å². The lowest BCUT2D eigenvalue weighted by molar-refractivity contribution is 0.0687. The van der Waals surface area contributed by atoms with Crippen LogP contribution in [0.5, 0.6) is 5.75 Å². The Morgan fingerprint density at radius 3 is 2.68 bits per heavy atom. The molecule has 0 aliphatic rings. The summed E-state index contributed by atoms with van der Waals surface area (Å²) in [5.41, 5.74) is -0.310. The number of aromatic carboxylic acids is 1. The largest absolute Gasteiger partial charge is 0.476 e. The number of benzene rings is 1. The standard InChI is InChI=1S/C12H9FN2O4/c1-15-10(6-9(14-15)11(16)17)12(18)19-8-4-2-3-7(13)5-8/h2-6H,1H3,(H,16,17). The van der Waals surface area contributed by atoms with Crippen molar-refractivity contribution in [2.45, 2.75) is 0 Å². The predicted molar refractivity (Wildman–Crippen MR) is 61.5 cm³/mol. The third kappa shape index (κ3) is 2.76. The minimum Gasteiger partial charge on any atom is -0.476 e. The fraction of sp³-hybridized carbons (Fsp3) is 0.0833. The molecular formula is C12H9FN2O4. The number of rotatable bonds is 3. The highest BCUT2D eigenvalue weighted by Crippen LogP contribution is 2.14. The molecule has 1 N–H and O–H groups in total. The van der Waals surface area contributed by atoms with Crippen LogP contribution < -0.4 is 4.74 Å². The Balaban J connectivity index is 2.23.